The van der Waals surface area contributed by atoms with E-state index in [-0.39, 0.29) is 5.91 Å². The Morgan fingerprint density at radius 3 is 2.73 bits per heavy atom. The van der Waals surface area contributed by atoms with E-state index in [1.54, 1.807) is 0 Å². The fraction of sp³-hybridized carbons (Fsp3) is 0.471. The zero-order valence-corrected chi connectivity index (χ0v) is 13.9. The molecule has 0 N–H and O–H groups in total. The van der Waals surface area contributed by atoms with Gasteiger partial charge in [0.2, 0.25) is 5.91 Å². The summed E-state index contributed by atoms with van der Waals surface area (Å²) in [7, 11) is 0. The molecule has 1 amide bonds. The van der Waals surface area contributed by atoms with E-state index in [1.807, 2.05) is 36.1 Å². The van der Waals surface area contributed by atoms with Crippen LogP contribution in [-0.2, 0) is 4.79 Å². The molecule has 0 spiro atoms. The maximum absolute atomic E-state index is 12.4. The van der Waals surface area contributed by atoms with E-state index >= 15 is 0 Å². The van der Waals surface area contributed by atoms with Gasteiger partial charge in [-0.2, -0.15) is 0 Å². The van der Waals surface area contributed by atoms with Gasteiger partial charge in [-0.1, -0.05) is 23.9 Å². The van der Waals surface area contributed by atoms with Crippen molar-refractivity contribution in [2.24, 2.45) is 0 Å². The van der Waals surface area contributed by atoms with E-state index in [2.05, 4.69) is 16.9 Å². The van der Waals surface area contributed by atoms with Gasteiger partial charge in [0.15, 0.2) is 0 Å². The number of aryl methyl sites for hydroxylation is 1. The summed E-state index contributed by atoms with van der Waals surface area (Å²) in [5.41, 5.74) is 2.68. The Morgan fingerprint density at radius 1 is 1.27 bits per heavy atom. The quantitative estimate of drug-likeness (QED) is 0.814. The molecule has 4 nitrogen and oxygen atoms in total. The molecule has 0 aliphatic carbocycles. The number of amides is 1. The van der Waals surface area contributed by atoms with Crippen molar-refractivity contribution in [1.29, 1.82) is 0 Å². The average molecular weight is 315 g/mol. The second-order valence-corrected chi connectivity index (χ2v) is 6.79. The van der Waals surface area contributed by atoms with Crippen molar-refractivity contribution in [2.45, 2.75) is 44.2 Å². The number of likely N-dealkylation sites (tertiary alicyclic amines) is 1. The van der Waals surface area contributed by atoms with Crippen LogP contribution in [0, 0.1) is 6.92 Å². The molecule has 2 aromatic rings. The highest BCUT2D eigenvalue weighted by atomic mass is 32.2. The molecule has 1 aromatic carbocycles. The van der Waals surface area contributed by atoms with Crippen LogP contribution in [-0.4, -0.2) is 39.1 Å². The average Bonchev–Trinajstić information content (AvgIpc) is 2.53. The molecular weight excluding hydrogens is 294 g/mol. The smallest absolute Gasteiger partial charge is 0.233 e. The Bertz CT molecular complexity index is 689. The van der Waals surface area contributed by atoms with Crippen LogP contribution in [0.1, 0.15) is 31.9 Å². The third kappa shape index (κ3) is 3.24. The van der Waals surface area contributed by atoms with Gasteiger partial charge in [0.25, 0.3) is 0 Å². The number of rotatable bonds is 3. The van der Waals surface area contributed by atoms with E-state index < -0.39 is 0 Å². The van der Waals surface area contributed by atoms with Crippen LogP contribution in [0.4, 0.5) is 0 Å². The van der Waals surface area contributed by atoms with Crippen molar-refractivity contribution in [3.05, 3.63) is 30.0 Å². The van der Waals surface area contributed by atoms with Crippen LogP contribution in [0.2, 0.25) is 0 Å². The minimum absolute atomic E-state index is 0.214. The topological polar surface area (TPSA) is 46.1 Å². The highest BCUT2D eigenvalue weighted by Gasteiger charge is 2.23. The second kappa shape index (κ2) is 6.65. The third-order valence-electron chi connectivity index (χ3n) is 4.16. The van der Waals surface area contributed by atoms with Crippen molar-refractivity contribution >= 4 is 28.7 Å². The lowest BCUT2D eigenvalue weighted by Crippen LogP contribution is -2.42. The fourth-order valence-corrected chi connectivity index (χ4v) is 3.73. The normalized spacial score (nSPS) is 18.6. The Morgan fingerprint density at radius 2 is 2.00 bits per heavy atom. The number of benzene rings is 1. The molecule has 1 aliphatic heterocycles. The van der Waals surface area contributed by atoms with Gasteiger partial charge in [-0.05, 0) is 45.2 Å². The van der Waals surface area contributed by atoms with E-state index in [0.29, 0.717) is 11.8 Å². The second-order valence-electron chi connectivity index (χ2n) is 5.82. The molecule has 5 heteroatoms. The summed E-state index contributed by atoms with van der Waals surface area (Å²) < 4.78 is 0. The molecule has 3 rings (SSSR count). The van der Waals surface area contributed by atoms with Gasteiger partial charge < -0.3 is 4.90 Å². The maximum atomic E-state index is 12.4. The molecule has 0 bridgehead atoms. The summed E-state index contributed by atoms with van der Waals surface area (Å²) in [5.74, 6) is 0.657. The summed E-state index contributed by atoms with van der Waals surface area (Å²) in [6.45, 7) is 4.99. The lowest BCUT2D eigenvalue weighted by Gasteiger charge is -2.33. The first-order valence-electron chi connectivity index (χ1n) is 7.81. The Labute approximate surface area is 135 Å². The molecule has 0 radical (unpaired) electrons. The molecule has 1 aromatic heterocycles. The van der Waals surface area contributed by atoms with Gasteiger partial charge in [-0.15, -0.1) is 0 Å². The number of carbonyl (C=O) groups is 1. The number of fused-ring (bicyclic) bond motifs is 1. The van der Waals surface area contributed by atoms with Crippen LogP contribution in [0.25, 0.3) is 11.0 Å². The molecule has 1 saturated heterocycles. The number of para-hydroxylation sites is 2. The number of piperidine rings is 1. The van der Waals surface area contributed by atoms with Crippen molar-refractivity contribution < 1.29 is 4.79 Å². The zero-order valence-electron chi connectivity index (χ0n) is 13.1. The monoisotopic (exact) mass is 315 g/mol. The lowest BCUT2D eigenvalue weighted by molar-refractivity contribution is -0.131. The number of hydrogen-bond acceptors (Lipinski definition) is 4. The fourth-order valence-electron chi connectivity index (χ4n) is 2.89. The molecule has 2 heterocycles. The first kappa shape index (κ1) is 15.3. The number of nitrogens with zero attached hydrogens (tertiary/aromatic N) is 3. The lowest BCUT2D eigenvalue weighted by atomic mass is 10.0. The highest BCUT2D eigenvalue weighted by Crippen LogP contribution is 2.24. The minimum Gasteiger partial charge on any atom is -0.339 e. The van der Waals surface area contributed by atoms with Crippen LogP contribution in [0.5, 0.6) is 0 Å². The predicted octanol–water partition coefficient (Wildman–Crippen LogP) is 3.43. The maximum Gasteiger partial charge on any atom is 0.233 e. The highest BCUT2D eigenvalue weighted by molar-refractivity contribution is 7.99. The summed E-state index contributed by atoms with van der Waals surface area (Å²) in [6, 6.07) is 8.21. The SMILES string of the molecule is Cc1nc2ccccc2nc1SCC(=O)N1CCCCC1C. The first-order chi connectivity index (χ1) is 10.6. The van der Waals surface area contributed by atoms with E-state index in [1.165, 1.54) is 18.2 Å². The van der Waals surface area contributed by atoms with Crippen LogP contribution in [0.3, 0.4) is 0 Å². The van der Waals surface area contributed by atoms with Crippen molar-refractivity contribution in [2.75, 3.05) is 12.3 Å². The molecule has 1 fully saturated rings. The molecule has 1 unspecified atom stereocenters. The molecule has 0 saturated carbocycles. The van der Waals surface area contributed by atoms with Gasteiger partial charge in [-0.3, -0.25) is 4.79 Å². The van der Waals surface area contributed by atoms with Crippen LogP contribution in [0.15, 0.2) is 29.3 Å². The summed E-state index contributed by atoms with van der Waals surface area (Å²) in [5, 5.41) is 0.858. The first-order valence-corrected chi connectivity index (χ1v) is 8.79. The van der Waals surface area contributed by atoms with Gasteiger partial charge in [0, 0.05) is 12.6 Å². The van der Waals surface area contributed by atoms with Crippen molar-refractivity contribution in [3.8, 4) is 0 Å². The zero-order chi connectivity index (χ0) is 15.5. The molecular formula is C17H21N3OS. The van der Waals surface area contributed by atoms with Gasteiger partial charge in [0.1, 0.15) is 5.03 Å². The number of aromatic nitrogens is 2. The van der Waals surface area contributed by atoms with E-state index in [9.17, 15) is 4.79 Å². The largest absolute Gasteiger partial charge is 0.339 e. The molecule has 22 heavy (non-hydrogen) atoms. The molecule has 116 valence electrons. The van der Waals surface area contributed by atoms with E-state index in [4.69, 9.17) is 0 Å². The van der Waals surface area contributed by atoms with Gasteiger partial charge in [-0.25, -0.2) is 9.97 Å². The van der Waals surface area contributed by atoms with Gasteiger partial charge >= 0.3 is 0 Å². The summed E-state index contributed by atoms with van der Waals surface area (Å²) in [4.78, 5) is 23.6. The molecule has 1 aliphatic rings. The van der Waals surface area contributed by atoms with Crippen LogP contribution < -0.4 is 0 Å². The van der Waals surface area contributed by atoms with E-state index in [0.717, 1.165) is 41.1 Å². The van der Waals surface area contributed by atoms with Crippen LogP contribution >= 0.6 is 11.8 Å². The van der Waals surface area contributed by atoms with Crippen molar-refractivity contribution in [3.63, 3.8) is 0 Å². The van der Waals surface area contributed by atoms with Gasteiger partial charge in [0.05, 0.1) is 22.5 Å². The van der Waals surface area contributed by atoms with Crippen molar-refractivity contribution in [1.82, 2.24) is 14.9 Å². The minimum atomic E-state index is 0.214. The standard InChI is InChI=1S/C17H21N3OS/c1-12-7-5-6-10-20(12)16(21)11-22-17-13(2)18-14-8-3-4-9-15(14)19-17/h3-4,8-9,12H,5-7,10-11H2,1-2H3. The number of hydrogen-bond donors (Lipinski definition) is 0. The summed E-state index contributed by atoms with van der Waals surface area (Å²) >= 11 is 1.50. The molecule has 1 atom stereocenters. The Hall–Kier alpha value is -1.62. The number of thioether (sulfide) groups is 1. The number of carbonyl (C=O) groups excluding carboxylic acids is 1. The Balaban J connectivity index is 1.70. The Kier molecular flexibility index (Phi) is 4.62. The predicted molar refractivity (Wildman–Crippen MR) is 90.0 cm³/mol. The third-order valence-corrected chi connectivity index (χ3v) is 5.21. The summed E-state index contributed by atoms with van der Waals surface area (Å²) in [6.07, 6.45) is 3.47.